The van der Waals surface area contributed by atoms with E-state index in [1.54, 1.807) is 0 Å². The SMILES string of the molecule is CC(NO)c1ccc(C(O)C#Cc2ccccc2)cc1. The molecule has 0 radical (unpaired) electrons. The maximum atomic E-state index is 10.0. The van der Waals surface area contributed by atoms with Gasteiger partial charge in [-0.1, -0.05) is 54.3 Å². The van der Waals surface area contributed by atoms with Crippen molar-refractivity contribution in [1.82, 2.24) is 5.48 Å². The second-order valence-electron chi connectivity index (χ2n) is 4.56. The Hall–Kier alpha value is -2.12. The van der Waals surface area contributed by atoms with Crippen LogP contribution in [0.25, 0.3) is 0 Å². The van der Waals surface area contributed by atoms with Gasteiger partial charge in [-0.15, -0.1) is 0 Å². The molecule has 2 aromatic carbocycles. The number of rotatable bonds is 3. The van der Waals surface area contributed by atoms with Crippen molar-refractivity contribution in [2.45, 2.75) is 19.1 Å². The third-order valence-electron chi connectivity index (χ3n) is 3.07. The van der Waals surface area contributed by atoms with Crippen LogP contribution in [0.4, 0.5) is 0 Å². The van der Waals surface area contributed by atoms with Gasteiger partial charge in [-0.3, -0.25) is 0 Å². The summed E-state index contributed by atoms with van der Waals surface area (Å²) >= 11 is 0. The lowest BCUT2D eigenvalue weighted by atomic mass is 10.0. The van der Waals surface area contributed by atoms with Gasteiger partial charge in [0, 0.05) is 5.56 Å². The van der Waals surface area contributed by atoms with Gasteiger partial charge in [0.1, 0.15) is 6.10 Å². The van der Waals surface area contributed by atoms with Gasteiger partial charge in [0.2, 0.25) is 0 Å². The Morgan fingerprint density at radius 2 is 1.55 bits per heavy atom. The lowest BCUT2D eigenvalue weighted by Crippen LogP contribution is -2.13. The number of hydrogen-bond acceptors (Lipinski definition) is 3. The maximum absolute atomic E-state index is 10.0. The zero-order valence-electron chi connectivity index (χ0n) is 11.2. The summed E-state index contributed by atoms with van der Waals surface area (Å²) in [5.41, 5.74) is 4.74. The Morgan fingerprint density at radius 1 is 0.950 bits per heavy atom. The Bertz CT molecular complexity index is 596. The monoisotopic (exact) mass is 267 g/mol. The summed E-state index contributed by atoms with van der Waals surface area (Å²) in [6.45, 7) is 1.85. The van der Waals surface area contributed by atoms with E-state index in [1.165, 1.54) is 0 Å². The van der Waals surface area contributed by atoms with Gasteiger partial charge in [0.05, 0.1) is 6.04 Å². The largest absolute Gasteiger partial charge is 0.376 e. The van der Waals surface area contributed by atoms with Crippen molar-refractivity contribution in [3.05, 3.63) is 71.3 Å². The van der Waals surface area contributed by atoms with Crippen LogP contribution in [-0.4, -0.2) is 10.3 Å². The Morgan fingerprint density at radius 3 is 2.15 bits per heavy atom. The molecule has 102 valence electrons. The van der Waals surface area contributed by atoms with E-state index in [9.17, 15) is 5.11 Å². The highest BCUT2D eigenvalue weighted by Gasteiger charge is 2.06. The van der Waals surface area contributed by atoms with Crippen molar-refractivity contribution in [3.8, 4) is 11.8 Å². The van der Waals surface area contributed by atoms with Crippen LogP contribution in [0, 0.1) is 11.8 Å². The van der Waals surface area contributed by atoms with Gasteiger partial charge in [-0.25, -0.2) is 0 Å². The predicted molar refractivity (Wildman–Crippen MR) is 78.1 cm³/mol. The highest BCUT2D eigenvalue weighted by atomic mass is 16.5. The summed E-state index contributed by atoms with van der Waals surface area (Å²) < 4.78 is 0. The lowest BCUT2D eigenvalue weighted by Gasteiger charge is -2.10. The molecule has 0 spiro atoms. The second kappa shape index (κ2) is 6.88. The summed E-state index contributed by atoms with van der Waals surface area (Å²) in [7, 11) is 0. The summed E-state index contributed by atoms with van der Waals surface area (Å²) in [5.74, 6) is 5.76. The van der Waals surface area contributed by atoms with Gasteiger partial charge < -0.3 is 10.3 Å². The molecule has 20 heavy (non-hydrogen) atoms. The van der Waals surface area contributed by atoms with Crippen LogP contribution in [0.15, 0.2) is 54.6 Å². The van der Waals surface area contributed by atoms with Crippen LogP contribution >= 0.6 is 0 Å². The number of aliphatic hydroxyl groups is 1. The van der Waals surface area contributed by atoms with E-state index < -0.39 is 6.10 Å². The molecule has 0 aromatic heterocycles. The van der Waals surface area contributed by atoms with Crippen LogP contribution in [0.1, 0.15) is 35.8 Å². The van der Waals surface area contributed by atoms with Crippen molar-refractivity contribution >= 4 is 0 Å². The predicted octanol–water partition coefficient (Wildman–Crippen LogP) is 2.81. The Labute approximate surface area is 118 Å². The zero-order chi connectivity index (χ0) is 14.4. The van der Waals surface area contributed by atoms with Crippen molar-refractivity contribution in [3.63, 3.8) is 0 Å². The maximum Gasteiger partial charge on any atom is 0.140 e. The average molecular weight is 267 g/mol. The molecule has 0 saturated carbocycles. The minimum atomic E-state index is -0.818. The molecule has 2 atom stereocenters. The zero-order valence-corrected chi connectivity index (χ0v) is 11.2. The summed E-state index contributed by atoms with van der Waals surface area (Å²) in [6, 6.07) is 16.7. The van der Waals surface area contributed by atoms with Crippen LogP contribution < -0.4 is 5.48 Å². The molecule has 2 aromatic rings. The summed E-state index contributed by atoms with van der Waals surface area (Å²) in [5, 5.41) is 18.9. The van der Waals surface area contributed by atoms with Crippen LogP contribution in [-0.2, 0) is 0 Å². The van der Waals surface area contributed by atoms with Crippen molar-refractivity contribution in [2.75, 3.05) is 0 Å². The van der Waals surface area contributed by atoms with Crippen molar-refractivity contribution in [1.29, 1.82) is 0 Å². The molecule has 3 N–H and O–H groups in total. The minimum absolute atomic E-state index is 0.142. The van der Waals surface area contributed by atoms with Crippen molar-refractivity contribution in [2.24, 2.45) is 0 Å². The molecule has 0 aliphatic carbocycles. The molecule has 0 saturated heterocycles. The van der Waals surface area contributed by atoms with E-state index in [0.29, 0.717) is 0 Å². The van der Waals surface area contributed by atoms with Crippen molar-refractivity contribution < 1.29 is 10.3 Å². The summed E-state index contributed by atoms with van der Waals surface area (Å²) in [6.07, 6.45) is -0.818. The smallest absolute Gasteiger partial charge is 0.140 e. The van der Waals surface area contributed by atoms with Gasteiger partial charge >= 0.3 is 0 Å². The van der Waals surface area contributed by atoms with Gasteiger partial charge in [0.15, 0.2) is 0 Å². The van der Waals surface area contributed by atoms with E-state index in [0.717, 1.165) is 16.7 Å². The van der Waals surface area contributed by atoms with E-state index >= 15 is 0 Å². The summed E-state index contributed by atoms with van der Waals surface area (Å²) in [4.78, 5) is 0. The first-order valence-electron chi connectivity index (χ1n) is 6.45. The first kappa shape index (κ1) is 14.3. The number of hydrogen-bond donors (Lipinski definition) is 3. The molecule has 2 rings (SSSR count). The number of hydroxylamine groups is 1. The molecule has 3 nitrogen and oxygen atoms in total. The fourth-order valence-electron chi connectivity index (χ4n) is 1.80. The van der Waals surface area contributed by atoms with Gasteiger partial charge in [0.25, 0.3) is 0 Å². The molecule has 2 unspecified atom stereocenters. The topological polar surface area (TPSA) is 52.5 Å². The molecule has 3 heteroatoms. The third kappa shape index (κ3) is 3.69. The first-order valence-corrected chi connectivity index (χ1v) is 6.45. The number of benzene rings is 2. The minimum Gasteiger partial charge on any atom is -0.376 e. The molecular weight excluding hydrogens is 250 g/mol. The molecule has 0 aliphatic rings. The lowest BCUT2D eigenvalue weighted by molar-refractivity contribution is 0.133. The van der Waals surface area contributed by atoms with E-state index in [2.05, 4.69) is 17.3 Å². The van der Waals surface area contributed by atoms with E-state index in [1.807, 2.05) is 61.5 Å². The highest BCUT2D eigenvalue weighted by Crippen LogP contribution is 2.17. The third-order valence-corrected chi connectivity index (χ3v) is 3.07. The fraction of sp³-hybridized carbons (Fsp3) is 0.176. The standard InChI is InChI=1S/C17H17NO2/c1-13(18-20)15-8-10-16(11-9-15)17(19)12-7-14-5-3-2-4-6-14/h2-6,8-11,13,17-20H,1H3. The van der Waals surface area contributed by atoms with E-state index in [-0.39, 0.29) is 6.04 Å². The normalized spacial score (nSPS) is 13.2. The molecular formula is C17H17NO2. The number of aliphatic hydroxyl groups excluding tert-OH is 1. The van der Waals surface area contributed by atoms with Gasteiger partial charge in [-0.2, -0.15) is 5.48 Å². The van der Waals surface area contributed by atoms with Crippen LogP contribution in [0.2, 0.25) is 0 Å². The van der Waals surface area contributed by atoms with Gasteiger partial charge in [-0.05, 0) is 30.2 Å². The molecule has 0 bridgehead atoms. The molecule has 0 heterocycles. The fourth-order valence-corrected chi connectivity index (χ4v) is 1.80. The Kier molecular flexibility index (Phi) is 4.91. The van der Waals surface area contributed by atoms with E-state index in [4.69, 9.17) is 5.21 Å². The molecule has 0 fully saturated rings. The second-order valence-corrected chi connectivity index (χ2v) is 4.56. The molecule has 0 amide bonds. The Balaban J connectivity index is 2.10. The first-order chi connectivity index (χ1) is 9.70. The number of nitrogens with one attached hydrogen (secondary N) is 1. The highest BCUT2D eigenvalue weighted by molar-refractivity contribution is 5.37. The van der Waals surface area contributed by atoms with Crippen LogP contribution in [0.3, 0.4) is 0 Å². The quantitative estimate of drug-likeness (QED) is 0.592. The molecule has 0 aliphatic heterocycles. The average Bonchev–Trinajstić information content (AvgIpc) is 2.53. The van der Waals surface area contributed by atoms with Crippen LogP contribution in [0.5, 0.6) is 0 Å².